The number of fused-ring (bicyclic) bond motifs is 1. The Kier molecular flexibility index (Phi) is 2.31. The Labute approximate surface area is 88.7 Å². The Hall–Kier alpha value is -2.38. The minimum absolute atomic E-state index is 0.0829. The second kappa shape index (κ2) is 3.65. The van der Waals surface area contributed by atoms with Gasteiger partial charge in [-0.25, -0.2) is 4.98 Å². The van der Waals surface area contributed by atoms with E-state index in [0.717, 1.165) is 0 Å². The van der Waals surface area contributed by atoms with Crippen molar-refractivity contribution in [3.63, 3.8) is 0 Å². The molecule has 0 fully saturated rings. The second-order valence-corrected chi connectivity index (χ2v) is 3.22. The minimum atomic E-state index is -1.04. The number of nitrogens with one attached hydrogen (secondary N) is 3. The van der Waals surface area contributed by atoms with Gasteiger partial charge in [-0.1, -0.05) is 0 Å². The highest BCUT2D eigenvalue weighted by molar-refractivity contribution is 5.76. The van der Waals surface area contributed by atoms with Gasteiger partial charge in [-0.05, 0) is 6.92 Å². The summed E-state index contributed by atoms with van der Waals surface area (Å²) in [6, 6.07) is -0.848. The van der Waals surface area contributed by atoms with Crippen molar-refractivity contribution in [1.29, 1.82) is 0 Å². The number of aromatic amines is 2. The number of H-pyrrole nitrogens is 2. The van der Waals surface area contributed by atoms with Gasteiger partial charge in [0.15, 0.2) is 11.2 Å². The standard InChI is InChI=1S/C8H9N5O3/c1-3(7(15)16)11-8-12-5-4(6(14)13-8)9-2-10-5/h2-3H,1H3,(H,15,16)(H3,9,10,11,12,13,14)/t3-/m1/s1. The number of carboxylic acid groups (broad SMARTS) is 1. The SMILES string of the molecule is C[C@@H](Nc1nc2nc[nH]c2c(=O)[nH]1)C(=O)O. The van der Waals surface area contributed by atoms with Crippen molar-refractivity contribution < 1.29 is 9.90 Å². The third-order valence-electron chi connectivity index (χ3n) is 2.02. The smallest absolute Gasteiger partial charge is 0.325 e. The monoisotopic (exact) mass is 223 g/mol. The molecule has 0 aliphatic carbocycles. The number of hydrogen-bond donors (Lipinski definition) is 4. The van der Waals surface area contributed by atoms with Crippen molar-refractivity contribution in [1.82, 2.24) is 19.9 Å². The molecule has 0 bridgehead atoms. The van der Waals surface area contributed by atoms with Crippen LogP contribution in [-0.2, 0) is 4.79 Å². The van der Waals surface area contributed by atoms with E-state index >= 15 is 0 Å². The lowest BCUT2D eigenvalue weighted by molar-refractivity contribution is -0.137. The molecule has 0 amide bonds. The topological polar surface area (TPSA) is 124 Å². The first-order valence-electron chi connectivity index (χ1n) is 4.50. The van der Waals surface area contributed by atoms with Crippen LogP contribution in [0.15, 0.2) is 11.1 Å². The summed E-state index contributed by atoms with van der Waals surface area (Å²) < 4.78 is 0. The van der Waals surface area contributed by atoms with Gasteiger partial charge in [-0.3, -0.25) is 14.6 Å². The molecule has 16 heavy (non-hydrogen) atoms. The Morgan fingerprint density at radius 1 is 1.62 bits per heavy atom. The minimum Gasteiger partial charge on any atom is -0.480 e. The molecule has 0 aliphatic rings. The largest absolute Gasteiger partial charge is 0.480 e. The van der Waals surface area contributed by atoms with E-state index in [2.05, 4.69) is 25.3 Å². The highest BCUT2D eigenvalue weighted by atomic mass is 16.4. The van der Waals surface area contributed by atoms with Crippen molar-refractivity contribution in [2.24, 2.45) is 0 Å². The van der Waals surface area contributed by atoms with Gasteiger partial charge >= 0.3 is 5.97 Å². The summed E-state index contributed by atoms with van der Waals surface area (Å²) >= 11 is 0. The predicted octanol–water partition coefficient (Wildman–Crippen LogP) is -0.469. The number of nitrogens with zero attached hydrogens (tertiary/aromatic N) is 2. The van der Waals surface area contributed by atoms with Gasteiger partial charge in [0.25, 0.3) is 5.56 Å². The van der Waals surface area contributed by atoms with Crippen LogP contribution in [0.2, 0.25) is 0 Å². The van der Waals surface area contributed by atoms with E-state index in [1.54, 1.807) is 0 Å². The fourth-order valence-electron chi connectivity index (χ4n) is 1.18. The van der Waals surface area contributed by atoms with Crippen molar-refractivity contribution in [3.05, 3.63) is 16.7 Å². The molecule has 0 aromatic carbocycles. The Balaban J connectivity index is 2.39. The van der Waals surface area contributed by atoms with Crippen LogP contribution in [0.1, 0.15) is 6.92 Å². The van der Waals surface area contributed by atoms with Crippen molar-refractivity contribution >= 4 is 23.1 Å². The normalized spacial score (nSPS) is 12.6. The van der Waals surface area contributed by atoms with Crippen LogP contribution in [0.3, 0.4) is 0 Å². The lowest BCUT2D eigenvalue weighted by Gasteiger charge is -2.08. The molecular weight excluding hydrogens is 214 g/mol. The fraction of sp³-hybridized carbons (Fsp3) is 0.250. The van der Waals surface area contributed by atoms with Crippen molar-refractivity contribution in [2.75, 3.05) is 5.32 Å². The highest BCUT2D eigenvalue weighted by Crippen LogP contribution is 2.03. The summed E-state index contributed by atoms with van der Waals surface area (Å²) in [6.45, 7) is 1.44. The fourth-order valence-corrected chi connectivity index (χ4v) is 1.18. The van der Waals surface area contributed by atoms with Gasteiger partial charge in [0.05, 0.1) is 6.33 Å². The van der Waals surface area contributed by atoms with E-state index in [1.807, 2.05) is 0 Å². The third-order valence-corrected chi connectivity index (χ3v) is 2.02. The lowest BCUT2D eigenvalue weighted by Crippen LogP contribution is -2.27. The molecule has 0 saturated heterocycles. The van der Waals surface area contributed by atoms with Gasteiger partial charge in [0.2, 0.25) is 5.95 Å². The lowest BCUT2D eigenvalue weighted by atomic mass is 10.3. The summed E-state index contributed by atoms with van der Waals surface area (Å²) in [7, 11) is 0. The molecule has 2 rings (SSSR count). The van der Waals surface area contributed by atoms with Crippen LogP contribution in [0.5, 0.6) is 0 Å². The third kappa shape index (κ3) is 1.72. The van der Waals surface area contributed by atoms with Crippen LogP contribution in [0.4, 0.5) is 5.95 Å². The van der Waals surface area contributed by atoms with Gasteiger partial charge in [0.1, 0.15) is 6.04 Å². The quantitative estimate of drug-likeness (QED) is 0.557. The summed E-state index contributed by atoms with van der Waals surface area (Å²) in [5.41, 5.74) is 0.0972. The summed E-state index contributed by atoms with van der Waals surface area (Å²) in [5, 5.41) is 11.2. The molecule has 2 aromatic heterocycles. The van der Waals surface area contributed by atoms with Gasteiger partial charge < -0.3 is 15.4 Å². The second-order valence-electron chi connectivity index (χ2n) is 3.22. The molecule has 8 heteroatoms. The number of carbonyl (C=O) groups is 1. The molecule has 8 nitrogen and oxygen atoms in total. The summed E-state index contributed by atoms with van der Waals surface area (Å²) in [6.07, 6.45) is 1.34. The zero-order valence-corrected chi connectivity index (χ0v) is 8.31. The number of imidazole rings is 1. The molecule has 2 aromatic rings. The molecule has 0 saturated carbocycles. The van der Waals surface area contributed by atoms with E-state index in [1.165, 1.54) is 13.3 Å². The molecule has 1 atom stereocenters. The Bertz CT molecular complexity index is 587. The van der Waals surface area contributed by atoms with Crippen molar-refractivity contribution in [2.45, 2.75) is 13.0 Å². The van der Waals surface area contributed by atoms with Crippen molar-refractivity contribution in [3.8, 4) is 0 Å². The average Bonchev–Trinajstić information content (AvgIpc) is 2.65. The summed E-state index contributed by atoms with van der Waals surface area (Å²) in [5.74, 6) is -0.954. The maximum absolute atomic E-state index is 11.5. The van der Waals surface area contributed by atoms with E-state index in [-0.39, 0.29) is 17.1 Å². The van der Waals surface area contributed by atoms with E-state index in [0.29, 0.717) is 0 Å². The number of aromatic nitrogens is 4. The average molecular weight is 223 g/mol. The van der Waals surface area contributed by atoms with E-state index in [9.17, 15) is 9.59 Å². The first kappa shape index (κ1) is 10.1. The molecule has 84 valence electrons. The maximum atomic E-state index is 11.5. The maximum Gasteiger partial charge on any atom is 0.325 e. The number of carboxylic acids is 1. The van der Waals surface area contributed by atoms with Crippen LogP contribution in [-0.4, -0.2) is 37.1 Å². The first-order valence-corrected chi connectivity index (χ1v) is 4.50. The number of anilines is 1. The molecule has 0 spiro atoms. The van der Waals surface area contributed by atoms with Crippen LogP contribution >= 0.6 is 0 Å². The van der Waals surface area contributed by atoms with E-state index in [4.69, 9.17) is 5.11 Å². The number of aliphatic carboxylic acids is 1. The molecule has 0 radical (unpaired) electrons. The van der Waals surface area contributed by atoms with Crippen LogP contribution < -0.4 is 10.9 Å². The molecular formula is C8H9N5O3. The zero-order chi connectivity index (χ0) is 11.7. The summed E-state index contributed by atoms with van der Waals surface area (Å²) in [4.78, 5) is 34.9. The molecule has 0 aliphatic heterocycles. The Morgan fingerprint density at radius 3 is 3.06 bits per heavy atom. The Morgan fingerprint density at radius 2 is 2.38 bits per heavy atom. The number of hydrogen-bond acceptors (Lipinski definition) is 5. The van der Waals surface area contributed by atoms with Gasteiger partial charge in [0, 0.05) is 0 Å². The zero-order valence-electron chi connectivity index (χ0n) is 8.31. The molecule has 0 unspecified atom stereocenters. The van der Waals surface area contributed by atoms with Crippen LogP contribution in [0, 0.1) is 0 Å². The molecule has 2 heterocycles. The number of rotatable bonds is 3. The van der Waals surface area contributed by atoms with Gasteiger partial charge in [-0.15, -0.1) is 0 Å². The van der Waals surface area contributed by atoms with E-state index < -0.39 is 17.6 Å². The highest BCUT2D eigenvalue weighted by Gasteiger charge is 2.12. The van der Waals surface area contributed by atoms with Crippen LogP contribution in [0.25, 0.3) is 11.2 Å². The van der Waals surface area contributed by atoms with Gasteiger partial charge in [-0.2, -0.15) is 4.98 Å². The molecule has 4 N–H and O–H groups in total. The predicted molar refractivity (Wildman–Crippen MR) is 55.2 cm³/mol. The first-order chi connectivity index (χ1) is 7.58.